The molecule has 1 fully saturated rings. The molecular weight excluding hydrogens is 322 g/mol. The molecule has 1 unspecified atom stereocenters. The Balaban J connectivity index is 0.00000208. The van der Waals surface area contributed by atoms with Crippen molar-refractivity contribution < 1.29 is 4.52 Å². The summed E-state index contributed by atoms with van der Waals surface area (Å²) >= 11 is 0. The van der Waals surface area contributed by atoms with Crippen LogP contribution in [0.5, 0.6) is 0 Å². The van der Waals surface area contributed by atoms with Crippen LogP contribution < -0.4 is 5.32 Å². The predicted octanol–water partition coefficient (Wildman–Crippen LogP) is 4.16. The van der Waals surface area contributed by atoms with Gasteiger partial charge in [-0.15, -0.1) is 12.4 Å². The first kappa shape index (κ1) is 18.9. The monoisotopic (exact) mass is 349 g/mol. The highest BCUT2D eigenvalue weighted by molar-refractivity contribution is 5.85. The van der Waals surface area contributed by atoms with Crippen LogP contribution in [0.3, 0.4) is 0 Å². The van der Waals surface area contributed by atoms with E-state index in [1.165, 1.54) is 31.2 Å². The zero-order valence-corrected chi connectivity index (χ0v) is 15.4. The van der Waals surface area contributed by atoms with E-state index in [0.717, 1.165) is 30.5 Å². The maximum Gasteiger partial charge on any atom is 0.226 e. The van der Waals surface area contributed by atoms with Crippen molar-refractivity contribution in [2.24, 2.45) is 5.92 Å². The lowest BCUT2D eigenvalue weighted by atomic mass is 9.77. The van der Waals surface area contributed by atoms with Gasteiger partial charge in [0.1, 0.15) is 0 Å². The van der Waals surface area contributed by atoms with E-state index in [-0.39, 0.29) is 12.4 Å². The van der Waals surface area contributed by atoms with E-state index in [4.69, 9.17) is 4.52 Å². The number of likely N-dealkylation sites (N-methyl/N-ethyl adjacent to an activating group) is 1. The maximum absolute atomic E-state index is 5.44. The molecule has 4 nitrogen and oxygen atoms in total. The van der Waals surface area contributed by atoms with Crippen LogP contribution in [-0.2, 0) is 12.8 Å². The molecule has 132 valence electrons. The molecular formula is C19H28ClN3O. The van der Waals surface area contributed by atoms with Crippen molar-refractivity contribution in [2.45, 2.75) is 57.4 Å². The van der Waals surface area contributed by atoms with Gasteiger partial charge in [-0.2, -0.15) is 4.98 Å². The molecule has 1 N–H and O–H groups in total. The molecule has 24 heavy (non-hydrogen) atoms. The minimum atomic E-state index is 0. The summed E-state index contributed by atoms with van der Waals surface area (Å²) in [6.07, 6.45) is 6.80. The highest BCUT2D eigenvalue weighted by Crippen LogP contribution is 2.36. The van der Waals surface area contributed by atoms with Crippen molar-refractivity contribution in [1.82, 2.24) is 15.5 Å². The summed E-state index contributed by atoms with van der Waals surface area (Å²) in [4.78, 5) is 4.55. The van der Waals surface area contributed by atoms with Crippen molar-refractivity contribution in [3.05, 3.63) is 47.6 Å². The molecule has 0 saturated heterocycles. The molecule has 0 spiro atoms. The zero-order chi connectivity index (χ0) is 16.1. The molecule has 0 amide bonds. The first-order valence-corrected chi connectivity index (χ1v) is 8.78. The Bertz CT molecular complexity index is 594. The van der Waals surface area contributed by atoms with E-state index in [1.807, 2.05) is 7.05 Å². The van der Waals surface area contributed by atoms with Gasteiger partial charge in [0, 0.05) is 18.9 Å². The normalized spacial score (nSPS) is 21.9. The minimum absolute atomic E-state index is 0. The fraction of sp³-hybridized carbons (Fsp3) is 0.579. The van der Waals surface area contributed by atoms with Crippen molar-refractivity contribution in [1.29, 1.82) is 0 Å². The average molecular weight is 350 g/mol. The Hall–Kier alpha value is -1.39. The largest absolute Gasteiger partial charge is 0.339 e. The average Bonchev–Trinajstić information content (AvgIpc) is 3.03. The van der Waals surface area contributed by atoms with Crippen LogP contribution in [0.2, 0.25) is 0 Å². The Morgan fingerprint density at radius 2 is 1.88 bits per heavy atom. The minimum Gasteiger partial charge on any atom is -0.339 e. The van der Waals surface area contributed by atoms with Crippen LogP contribution in [0.15, 0.2) is 34.9 Å². The van der Waals surface area contributed by atoms with Gasteiger partial charge in [0.2, 0.25) is 5.89 Å². The number of halogens is 1. The van der Waals surface area contributed by atoms with E-state index in [2.05, 4.69) is 52.7 Å². The number of rotatable bonds is 6. The topological polar surface area (TPSA) is 51.0 Å². The molecule has 0 bridgehead atoms. The van der Waals surface area contributed by atoms with E-state index >= 15 is 0 Å². The van der Waals surface area contributed by atoms with Crippen LogP contribution in [0.25, 0.3) is 0 Å². The van der Waals surface area contributed by atoms with Crippen molar-refractivity contribution >= 4 is 12.4 Å². The fourth-order valence-corrected chi connectivity index (χ4v) is 3.50. The number of hydrogen-bond acceptors (Lipinski definition) is 4. The second-order valence-electron chi connectivity index (χ2n) is 6.83. The van der Waals surface area contributed by atoms with Gasteiger partial charge in [0.25, 0.3) is 0 Å². The Kier molecular flexibility index (Phi) is 7.25. The molecule has 1 atom stereocenters. The van der Waals surface area contributed by atoms with Crippen molar-refractivity contribution in [3.8, 4) is 0 Å². The van der Waals surface area contributed by atoms with Crippen molar-refractivity contribution in [3.63, 3.8) is 0 Å². The smallest absolute Gasteiger partial charge is 0.226 e. The lowest BCUT2D eigenvalue weighted by molar-refractivity contribution is 0.287. The molecule has 1 aromatic heterocycles. The molecule has 0 aliphatic heterocycles. The summed E-state index contributed by atoms with van der Waals surface area (Å²) in [5.41, 5.74) is 1.49. The van der Waals surface area contributed by atoms with Gasteiger partial charge in [0.05, 0.1) is 0 Å². The SMILES string of the molecule is CNC(C)Cc1noc(CC2CCC(c3ccccc3)CC2)n1.Cl. The Morgan fingerprint density at radius 3 is 2.54 bits per heavy atom. The summed E-state index contributed by atoms with van der Waals surface area (Å²) in [5.74, 6) is 3.04. The summed E-state index contributed by atoms with van der Waals surface area (Å²) < 4.78 is 5.44. The molecule has 1 heterocycles. The van der Waals surface area contributed by atoms with Gasteiger partial charge in [-0.3, -0.25) is 0 Å². The van der Waals surface area contributed by atoms with Gasteiger partial charge in [-0.05, 0) is 57.1 Å². The molecule has 1 aliphatic rings. The lowest BCUT2D eigenvalue weighted by Crippen LogP contribution is -2.24. The second-order valence-corrected chi connectivity index (χ2v) is 6.83. The number of aromatic nitrogens is 2. The highest BCUT2D eigenvalue weighted by atomic mass is 35.5. The van der Waals surface area contributed by atoms with E-state index < -0.39 is 0 Å². The quantitative estimate of drug-likeness (QED) is 0.850. The third kappa shape index (κ3) is 5.05. The standard InChI is InChI=1S/C19H27N3O.ClH/c1-14(20-2)12-18-21-19(23-22-18)13-15-8-10-17(11-9-15)16-6-4-3-5-7-16;/h3-7,14-15,17,20H,8-13H2,1-2H3;1H. The first-order chi connectivity index (χ1) is 11.2. The van der Waals surface area contributed by atoms with Gasteiger partial charge >= 0.3 is 0 Å². The molecule has 0 radical (unpaired) electrons. The summed E-state index contributed by atoms with van der Waals surface area (Å²) in [5, 5.41) is 7.31. The first-order valence-electron chi connectivity index (χ1n) is 8.78. The Labute approximate surface area is 150 Å². The van der Waals surface area contributed by atoms with Crippen LogP contribution in [-0.4, -0.2) is 23.2 Å². The molecule has 2 aromatic rings. The number of nitrogens with one attached hydrogen (secondary N) is 1. The van der Waals surface area contributed by atoms with E-state index in [9.17, 15) is 0 Å². The molecule has 3 rings (SSSR count). The second kappa shape index (κ2) is 9.19. The third-order valence-corrected chi connectivity index (χ3v) is 5.07. The zero-order valence-electron chi connectivity index (χ0n) is 14.6. The van der Waals surface area contributed by atoms with E-state index in [0.29, 0.717) is 12.0 Å². The summed E-state index contributed by atoms with van der Waals surface area (Å²) in [7, 11) is 1.96. The summed E-state index contributed by atoms with van der Waals surface area (Å²) in [6, 6.07) is 11.3. The predicted molar refractivity (Wildman–Crippen MR) is 98.6 cm³/mol. The van der Waals surface area contributed by atoms with Crippen LogP contribution in [0.1, 0.15) is 55.8 Å². The molecule has 1 aliphatic carbocycles. The maximum atomic E-state index is 5.44. The van der Waals surface area contributed by atoms with Crippen molar-refractivity contribution in [2.75, 3.05) is 7.05 Å². The van der Waals surface area contributed by atoms with Gasteiger partial charge in [-0.25, -0.2) is 0 Å². The van der Waals surface area contributed by atoms with Gasteiger partial charge < -0.3 is 9.84 Å². The molecule has 1 saturated carbocycles. The van der Waals surface area contributed by atoms with Crippen LogP contribution in [0.4, 0.5) is 0 Å². The summed E-state index contributed by atoms with van der Waals surface area (Å²) in [6.45, 7) is 2.13. The fourth-order valence-electron chi connectivity index (χ4n) is 3.50. The molecule has 5 heteroatoms. The number of hydrogen-bond donors (Lipinski definition) is 1. The highest BCUT2D eigenvalue weighted by Gasteiger charge is 2.24. The van der Waals surface area contributed by atoms with Gasteiger partial charge in [0.15, 0.2) is 5.82 Å². The number of nitrogens with zero attached hydrogens (tertiary/aromatic N) is 2. The number of benzene rings is 1. The third-order valence-electron chi connectivity index (χ3n) is 5.07. The Morgan fingerprint density at radius 1 is 1.17 bits per heavy atom. The van der Waals surface area contributed by atoms with E-state index in [1.54, 1.807) is 0 Å². The van der Waals surface area contributed by atoms with Crippen LogP contribution in [0, 0.1) is 5.92 Å². The van der Waals surface area contributed by atoms with Crippen LogP contribution >= 0.6 is 12.4 Å². The lowest BCUT2D eigenvalue weighted by Gasteiger charge is -2.28. The van der Waals surface area contributed by atoms with Gasteiger partial charge in [-0.1, -0.05) is 35.5 Å². The molecule has 1 aromatic carbocycles.